The molecule has 0 bridgehead atoms. The van der Waals surface area contributed by atoms with E-state index in [1.807, 2.05) is 42.5 Å². The van der Waals surface area contributed by atoms with Crippen LogP contribution >= 0.6 is 12.4 Å². The summed E-state index contributed by atoms with van der Waals surface area (Å²) in [6.45, 7) is 6.08. The van der Waals surface area contributed by atoms with Gasteiger partial charge in [0.2, 0.25) is 0 Å². The number of hydrogen-bond donors (Lipinski definition) is 3. The molecule has 4 aromatic carbocycles. The molecule has 0 aliphatic carbocycles. The van der Waals surface area contributed by atoms with Crippen LogP contribution in [0.3, 0.4) is 0 Å². The third-order valence-corrected chi connectivity index (χ3v) is 7.91. The number of nitrogens with one attached hydrogen (secondary N) is 1. The van der Waals surface area contributed by atoms with Crippen molar-refractivity contribution in [3.63, 3.8) is 0 Å². The smallest absolute Gasteiger partial charge is 0.175 e. The number of rotatable bonds is 17. The molecule has 0 aromatic heterocycles. The number of halogens is 1. The zero-order chi connectivity index (χ0) is 30.7. The van der Waals surface area contributed by atoms with Crippen LogP contribution in [0.5, 0.6) is 23.0 Å². The summed E-state index contributed by atoms with van der Waals surface area (Å²) in [6.07, 6.45) is 1.99. The van der Waals surface area contributed by atoms with Crippen molar-refractivity contribution in [1.29, 1.82) is 0 Å². The summed E-state index contributed by atoms with van der Waals surface area (Å²) in [5.41, 5.74) is 7.01. The molecule has 0 saturated heterocycles. The van der Waals surface area contributed by atoms with E-state index in [4.69, 9.17) is 24.7 Å². The summed E-state index contributed by atoms with van der Waals surface area (Å²) in [5.74, 6) is 2.07. The second kappa shape index (κ2) is 17.2. The highest BCUT2D eigenvalue weighted by Gasteiger charge is 2.15. The van der Waals surface area contributed by atoms with Crippen molar-refractivity contribution in [3.05, 3.63) is 78.9 Å². The Morgan fingerprint density at radius 2 is 1.55 bits per heavy atom. The molecular weight excluding hydrogens is 604 g/mol. The Morgan fingerprint density at radius 3 is 2.20 bits per heavy atom. The van der Waals surface area contributed by atoms with Crippen LogP contribution in [-0.2, 0) is 19.3 Å². The zero-order valence-electron chi connectivity index (χ0n) is 25.0. The van der Waals surface area contributed by atoms with Crippen LogP contribution in [0.1, 0.15) is 13.3 Å². The maximum absolute atomic E-state index is 12.0. The van der Waals surface area contributed by atoms with Crippen LogP contribution < -0.4 is 20.5 Å². The fourth-order valence-electron chi connectivity index (χ4n) is 4.59. The lowest BCUT2D eigenvalue weighted by Gasteiger charge is -2.19. The quantitative estimate of drug-likeness (QED) is 0.126. The largest absolute Gasteiger partial charge is 0.508 e. The number of benzene rings is 4. The minimum atomic E-state index is -3.32. The van der Waals surface area contributed by atoms with Crippen LogP contribution in [0, 0.1) is 0 Å². The topological polar surface area (TPSA) is 129 Å². The predicted molar refractivity (Wildman–Crippen MR) is 176 cm³/mol. The Bertz CT molecular complexity index is 1570. The van der Waals surface area contributed by atoms with Gasteiger partial charge in [0.1, 0.15) is 29.6 Å². The van der Waals surface area contributed by atoms with Gasteiger partial charge in [-0.2, -0.15) is 0 Å². The molecule has 0 aliphatic heterocycles. The SMILES string of the molecule is CCNC(CCOCCOCCN)COc1ccc(Oc2c(-c3ccc(S(C)(=O)=O)cc3)ccc3cc(O)ccc23)cc1.Cl. The summed E-state index contributed by atoms with van der Waals surface area (Å²) in [7, 11) is -3.32. The van der Waals surface area contributed by atoms with Crippen LogP contribution in [0.25, 0.3) is 21.9 Å². The predicted octanol–water partition coefficient (Wildman–Crippen LogP) is 5.57. The molecule has 0 saturated carbocycles. The highest BCUT2D eigenvalue weighted by atomic mass is 35.5. The van der Waals surface area contributed by atoms with Crippen LogP contribution in [0.15, 0.2) is 83.8 Å². The van der Waals surface area contributed by atoms with Gasteiger partial charge in [0, 0.05) is 36.4 Å². The van der Waals surface area contributed by atoms with Crippen LogP contribution in [0.2, 0.25) is 0 Å². The third kappa shape index (κ3) is 10.1. The van der Waals surface area contributed by atoms with Gasteiger partial charge in [-0.1, -0.05) is 25.1 Å². The molecule has 0 amide bonds. The fraction of sp³-hybridized carbons (Fsp3) is 0.333. The van der Waals surface area contributed by atoms with Gasteiger partial charge in [0.15, 0.2) is 9.84 Å². The number of likely N-dealkylation sites (N-methyl/N-ethyl adjacent to an activating group) is 1. The van der Waals surface area contributed by atoms with Gasteiger partial charge in [0.25, 0.3) is 0 Å². The van der Waals surface area contributed by atoms with Gasteiger partial charge in [-0.05, 0) is 84.6 Å². The van der Waals surface area contributed by atoms with Crippen molar-refractivity contribution in [2.24, 2.45) is 5.73 Å². The first-order valence-corrected chi connectivity index (χ1v) is 16.2. The average Bonchev–Trinajstić information content (AvgIpc) is 2.99. The lowest BCUT2D eigenvalue weighted by atomic mass is 9.99. The lowest BCUT2D eigenvalue weighted by molar-refractivity contribution is 0.0455. The number of ether oxygens (including phenoxy) is 4. The van der Waals surface area contributed by atoms with Crippen molar-refractivity contribution in [2.75, 3.05) is 52.4 Å². The second-order valence-corrected chi connectivity index (χ2v) is 12.1. The molecule has 0 fully saturated rings. The van der Waals surface area contributed by atoms with E-state index in [0.29, 0.717) is 56.8 Å². The van der Waals surface area contributed by atoms with Crippen molar-refractivity contribution in [1.82, 2.24) is 5.32 Å². The molecule has 9 nitrogen and oxygen atoms in total. The minimum absolute atomic E-state index is 0. The summed E-state index contributed by atoms with van der Waals surface area (Å²) < 4.78 is 47.4. The third-order valence-electron chi connectivity index (χ3n) is 6.78. The molecule has 11 heteroatoms. The molecule has 238 valence electrons. The molecule has 4 rings (SSSR count). The molecular formula is C33H41ClN2O7S. The Kier molecular flexibility index (Phi) is 13.7. The minimum Gasteiger partial charge on any atom is -0.508 e. The normalized spacial score (nSPS) is 12.1. The van der Waals surface area contributed by atoms with E-state index in [0.717, 1.165) is 34.9 Å². The molecule has 0 heterocycles. The molecule has 1 atom stereocenters. The Hall–Kier alpha value is -3.38. The van der Waals surface area contributed by atoms with Gasteiger partial charge in [-0.15, -0.1) is 12.4 Å². The van der Waals surface area contributed by atoms with E-state index in [-0.39, 0.29) is 29.1 Å². The Balaban J connectivity index is 0.00000529. The van der Waals surface area contributed by atoms with E-state index >= 15 is 0 Å². The van der Waals surface area contributed by atoms with E-state index in [1.165, 1.54) is 6.26 Å². The van der Waals surface area contributed by atoms with Crippen molar-refractivity contribution in [3.8, 4) is 34.1 Å². The lowest BCUT2D eigenvalue weighted by Crippen LogP contribution is -2.35. The molecule has 4 aromatic rings. The molecule has 0 aliphatic rings. The molecule has 1 unspecified atom stereocenters. The fourth-order valence-corrected chi connectivity index (χ4v) is 5.22. The first-order valence-electron chi connectivity index (χ1n) is 14.3. The first-order chi connectivity index (χ1) is 20.8. The summed E-state index contributed by atoms with van der Waals surface area (Å²) in [6, 6.07) is 23.2. The number of phenolic OH excluding ortho intramolecular Hbond substituents is 1. The highest BCUT2D eigenvalue weighted by Crippen LogP contribution is 2.41. The van der Waals surface area contributed by atoms with Crippen LogP contribution in [-0.4, -0.2) is 71.9 Å². The van der Waals surface area contributed by atoms with Gasteiger partial charge in [0.05, 0.1) is 24.7 Å². The summed E-state index contributed by atoms with van der Waals surface area (Å²) in [5, 5.41) is 15.1. The maximum atomic E-state index is 12.0. The van der Waals surface area contributed by atoms with E-state index in [1.54, 1.807) is 36.4 Å². The Labute approximate surface area is 265 Å². The number of fused-ring (bicyclic) bond motifs is 1. The zero-order valence-corrected chi connectivity index (χ0v) is 26.7. The highest BCUT2D eigenvalue weighted by molar-refractivity contribution is 7.90. The number of nitrogens with two attached hydrogens (primary N) is 1. The standard InChI is InChI=1S/C33H40N2O7S.ClH/c1-3-35-26(16-18-39-20-21-40-19-17-34)23-41-28-8-10-29(11-9-28)42-33-31(14-6-25-22-27(36)7-15-32(25)33)24-4-12-30(13-5-24)43(2,37)38;/h4-15,22,26,35-36H,3,16-21,23,34H2,1-2H3;1H. The molecule has 44 heavy (non-hydrogen) atoms. The summed E-state index contributed by atoms with van der Waals surface area (Å²) >= 11 is 0. The van der Waals surface area contributed by atoms with Crippen LogP contribution in [0.4, 0.5) is 0 Å². The second-order valence-electron chi connectivity index (χ2n) is 10.1. The number of aromatic hydroxyl groups is 1. The Morgan fingerprint density at radius 1 is 0.864 bits per heavy atom. The van der Waals surface area contributed by atoms with Gasteiger partial charge in [-0.3, -0.25) is 0 Å². The van der Waals surface area contributed by atoms with E-state index in [2.05, 4.69) is 12.2 Å². The number of sulfone groups is 1. The van der Waals surface area contributed by atoms with Crippen molar-refractivity contribution in [2.45, 2.75) is 24.3 Å². The van der Waals surface area contributed by atoms with Gasteiger partial charge >= 0.3 is 0 Å². The van der Waals surface area contributed by atoms with Gasteiger partial charge in [-0.25, -0.2) is 8.42 Å². The first kappa shape index (κ1) is 35.1. The van der Waals surface area contributed by atoms with Crippen molar-refractivity contribution < 1.29 is 32.5 Å². The van der Waals surface area contributed by atoms with E-state index < -0.39 is 9.84 Å². The van der Waals surface area contributed by atoms with E-state index in [9.17, 15) is 13.5 Å². The number of phenols is 1. The van der Waals surface area contributed by atoms with Gasteiger partial charge < -0.3 is 35.1 Å². The molecule has 4 N–H and O–H groups in total. The monoisotopic (exact) mass is 644 g/mol. The molecule has 0 radical (unpaired) electrons. The number of hydrogen-bond acceptors (Lipinski definition) is 9. The maximum Gasteiger partial charge on any atom is 0.175 e. The summed E-state index contributed by atoms with van der Waals surface area (Å²) in [4.78, 5) is 0.247. The average molecular weight is 645 g/mol. The molecule has 0 spiro atoms. The van der Waals surface area contributed by atoms with Crippen molar-refractivity contribution >= 4 is 33.0 Å².